The second-order valence-electron chi connectivity index (χ2n) is 4.62. The Hall–Kier alpha value is -1.14. The fourth-order valence-corrected chi connectivity index (χ4v) is 2.18. The van der Waals surface area contributed by atoms with Gasteiger partial charge in [0.1, 0.15) is 0 Å². The van der Waals surface area contributed by atoms with Crippen molar-refractivity contribution in [3.05, 3.63) is 27.1 Å². The van der Waals surface area contributed by atoms with Crippen LogP contribution in [0.25, 0.3) is 0 Å². The number of amides is 1. The van der Waals surface area contributed by atoms with Crippen LogP contribution in [0.2, 0.25) is 0 Å². The maximum absolute atomic E-state index is 11.6. The molecule has 1 aromatic rings. The van der Waals surface area contributed by atoms with Gasteiger partial charge in [0.2, 0.25) is 5.91 Å². The van der Waals surface area contributed by atoms with E-state index in [1.54, 1.807) is 19.3 Å². The Kier molecular flexibility index (Phi) is 4.19. The lowest BCUT2D eigenvalue weighted by atomic mass is 10.4. The minimum atomic E-state index is -0.125. The van der Waals surface area contributed by atoms with Crippen LogP contribution in [0.4, 0.5) is 5.69 Å². The molecule has 98 valence electrons. The highest BCUT2D eigenvalue weighted by Gasteiger charge is 2.20. The highest BCUT2D eigenvalue weighted by Crippen LogP contribution is 2.27. The standard InChI is InChI=1S/C12H16BrN3O2/c1-16-7-9(4-10(13)12(16)18)15-11(17)6-14-5-8-2-3-8/h4,7-8,14H,2-3,5-6H2,1H3,(H,15,17). The van der Waals surface area contributed by atoms with Gasteiger partial charge in [-0.25, -0.2) is 0 Å². The van der Waals surface area contributed by atoms with E-state index in [1.807, 2.05) is 0 Å². The summed E-state index contributed by atoms with van der Waals surface area (Å²) in [6, 6.07) is 1.61. The van der Waals surface area contributed by atoms with E-state index >= 15 is 0 Å². The molecule has 0 aromatic carbocycles. The van der Waals surface area contributed by atoms with Crippen molar-refractivity contribution < 1.29 is 4.79 Å². The highest BCUT2D eigenvalue weighted by molar-refractivity contribution is 9.10. The minimum Gasteiger partial charge on any atom is -0.324 e. The molecule has 2 rings (SSSR count). The normalized spacial score (nSPS) is 14.6. The number of carbonyl (C=O) groups excluding carboxylic acids is 1. The van der Waals surface area contributed by atoms with E-state index in [0.29, 0.717) is 16.7 Å². The Labute approximate surface area is 114 Å². The predicted molar refractivity (Wildman–Crippen MR) is 73.6 cm³/mol. The van der Waals surface area contributed by atoms with Gasteiger partial charge in [0.25, 0.3) is 5.56 Å². The Bertz CT molecular complexity index is 482. The molecule has 1 aliphatic carbocycles. The smallest absolute Gasteiger partial charge is 0.264 e. The topological polar surface area (TPSA) is 63.1 Å². The monoisotopic (exact) mass is 313 g/mol. The van der Waals surface area contributed by atoms with Crippen molar-refractivity contribution in [2.24, 2.45) is 13.0 Å². The van der Waals surface area contributed by atoms with E-state index in [-0.39, 0.29) is 11.5 Å². The van der Waals surface area contributed by atoms with Crippen LogP contribution >= 0.6 is 15.9 Å². The molecule has 2 N–H and O–H groups in total. The van der Waals surface area contributed by atoms with Gasteiger partial charge in [-0.1, -0.05) is 0 Å². The molecule has 0 atom stereocenters. The number of aryl methyl sites for hydroxylation is 1. The average molecular weight is 314 g/mol. The number of pyridine rings is 1. The van der Waals surface area contributed by atoms with Gasteiger partial charge in [0.15, 0.2) is 0 Å². The van der Waals surface area contributed by atoms with Gasteiger partial charge >= 0.3 is 0 Å². The van der Waals surface area contributed by atoms with Crippen LogP contribution in [0.15, 0.2) is 21.5 Å². The molecule has 1 saturated carbocycles. The van der Waals surface area contributed by atoms with Crippen LogP contribution in [0.5, 0.6) is 0 Å². The van der Waals surface area contributed by atoms with Gasteiger partial charge in [0.05, 0.1) is 16.7 Å². The number of anilines is 1. The van der Waals surface area contributed by atoms with Crippen LogP contribution in [0.1, 0.15) is 12.8 Å². The zero-order chi connectivity index (χ0) is 13.1. The first-order chi connectivity index (χ1) is 8.56. The van der Waals surface area contributed by atoms with E-state index in [2.05, 4.69) is 26.6 Å². The quantitative estimate of drug-likeness (QED) is 0.855. The summed E-state index contributed by atoms with van der Waals surface area (Å²) in [4.78, 5) is 23.1. The lowest BCUT2D eigenvalue weighted by Crippen LogP contribution is -2.30. The van der Waals surface area contributed by atoms with Crippen LogP contribution in [0.3, 0.4) is 0 Å². The molecule has 0 unspecified atom stereocenters. The summed E-state index contributed by atoms with van der Waals surface area (Å²) >= 11 is 3.17. The third kappa shape index (κ3) is 3.68. The van der Waals surface area contributed by atoms with Gasteiger partial charge in [-0.3, -0.25) is 9.59 Å². The van der Waals surface area contributed by atoms with Crippen molar-refractivity contribution in [2.45, 2.75) is 12.8 Å². The largest absolute Gasteiger partial charge is 0.324 e. The lowest BCUT2D eigenvalue weighted by Gasteiger charge is -2.08. The van der Waals surface area contributed by atoms with Gasteiger partial charge in [0, 0.05) is 13.2 Å². The maximum atomic E-state index is 11.6. The van der Waals surface area contributed by atoms with Crippen molar-refractivity contribution in [2.75, 3.05) is 18.4 Å². The van der Waals surface area contributed by atoms with Gasteiger partial charge < -0.3 is 15.2 Å². The summed E-state index contributed by atoms with van der Waals surface area (Å²) in [7, 11) is 1.65. The number of nitrogens with zero attached hydrogens (tertiary/aromatic N) is 1. The summed E-state index contributed by atoms with van der Waals surface area (Å²) in [5.41, 5.74) is 0.488. The number of rotatable bonds is 5. The molecule has 0 bridgehead atoms. The zero-order valence-corrected chi connectivity index (χ0v) is 11.8. The maximum Gasteiger partial charge on any atom is 0.264 e. The molecule has 1 aliphatic rings. The number of hydrogen-bond acceptors (Lipinski definition) is 3. The fraction of sp³-hybridized carbons (Fsp3) is 0.500. The summed E-state index contributed by atoms with van der Waals surface area (Å²) in [6.45, 7) is 1.21. The van der Waals surface area contributed by atoms with Gasteiger partial charge in [-0.15, -0.1) is 0 Å². The van der Waals surface area contributed by atoms with E-state index in [4.69, 9.17) is 0 Å². The van der Waals surface area contributed by atoms with Crippen molar-refractivity contribution in [3.63, 3.8) is 0 Å². The number of nitrogens with one attached hydrogen (secondary N) is 2. The first-order valence-corrected chi connectivity index (χ1v) is 6.72. The Morgan fingerprint density at radius 1 is 1.56 bits per heavy atom. The SMILES string of the molecule is Cn1cc(NC(=O)CNCC2CC2)cc(Br)c1=O. The van der Waals surface area contributed by atoms with E-state index in [0.717, 1.165) is 12.5 Å². The van der Waals surface area contributed by atoms with E-state index < -0.39 is 0 Å². The molecule has 5 nitrogen and oxygen atoms in total. The van der Waals surface area contributed by atoms with Crippen LogP contribution in [-0.4, -0.2) is 23.6 Å². The lowest BCUT2D eigenvalue weighted by molar-refractivity contribution is -0.115. The molecular weight excluding hydrogens is 298 g/mol. The Morgan fingerprint density at radius 3 is 2.89 bits per heavy atom. The molecular formula is C12H16BrN3O2. The molecule has 6 heteroatoms. The molecule has 0 aliphatic heterocycles. The molecule has 1 heterocycles. The van der Waals surface area contributed by atoms with Crippen LogP contribution in [0, 0.1) is 5.92 Å². The number of carbonyl (C=O) groups is 1. The van der Waals surface area contributed by atoms with Crippen LogP contribution in [-0.2, 0) is 11.8 Å². The Morgan fingerprint density at radius 2 is 2.28 bits per heavy atom. The summed E-state index contributed by atoms with van der Waals surface area (Å²) in [5, 5.41) is 5.87. The van der Waals surface area contributed by atoms with E-state index in [9.17, 15) is 9.59 Å². The third-order valence-corrected chi connectivity index (χ3v) is 3.41. The minimum absolute atomic E-state index is 0.0961. The first-order valence-electron chi connectivity index (χ1n) is 5.93. The molecule has 1 aromatic heterocycles. The number of halogens is 1. The predicted octanol–water partition coefficient (Wildman–Crippen LogP) is 1.09. The van der Waals surface area contributed by atoms with Crippen LogP contribution < -0.4 is 16.2 Å². The summed E-state index contributed by atoms with van der Waals surface area (Å²) < 4.78 is 1.87. The zero-order valence-electron chi connectivity index (χ0n) is 10.2. The summed E-state index contributed by atoms with van der Waals surface area (Å²) in [6.07, 6.45) is 4.14. The summed E-state index contributed by atoms with van der Waals surface area (Å²) in [5.74, 6) is 0.658. The highest BCUT2D eigenvalue weighted by atomic mass is 79.9. The fourth-order valence-electron chi connectivity index (χ4n) is 1.66. The van der Waals surface area contributed by atoms with E-state index in [1.165, 1.54) is 17.4 Å². The van der Waals surface area contributed by atoms with Crippen molar-refractivity contribution in [3.8, 4) is 0 Å². The van der Waals surface area contributed by atoms with Crippen molar-refractivity contribution in [1.29, 1.82) is 0 Å². The van der Waals surface area contributed by atoms with Gasteiger partial charge in [-0.2, -0.15) is 0 Å². The average Bonchev–Trinajstić information content (AvgIpc) is 3.09. The molecule has 0 radical (unpaired) electrons. The number of aromatic nitrogens is 1. The second-order valence-corrected chi connectivity index (χ2v) is 5.47. The third-order valence-electron chi connectivity index (χ3n) is 2.84. The molecule has 0 saturated heterocycles. The molecule has 1 fully saturated rings. The molecule has 0 spiro atoms. The second kappa shape index (κ2) is 5.67. The Balaban J connectivity index is 1.87. The van der Waals surface area contributed by atoms with Crippen molar-refractivity contribution in [1.82, 2.24) is 9.88 Å². The number of hydrogen-bond donors (Lipinski definition) is 2. The first kappa shape index (κ1) is 13.3. The van der Waals surface area contributed by atoms with Gasteiger partial charge in [-0.05, 0) is 47.3 Å². The molecule has 1 amide bonds. The van der Waals surface area contributed by atoms with Crippen molar-refractivity contribution >= 4 is 27.5 Å². The molecule has 18 heavy (non-hydrogen) atoms.